The highest BCUT2D eigenvalue weighted by molar-refractivity contribution is 6.01. The van der Waals surface area contributed by atoms with Crippen LogP contribution in [-0.2, 0) is 4.79 Å². The molecule has 3 aromatic rings. The maximum Gasteiger partial charge on any atom is 0.252 e. The SMILES string of the molecule is CCC[C@H](NC(=O)c1ccc(C)cc1C)C(=O)Nc1nc2ccccc2[nH]1. The van der Waals surface area contributed by atoms with Crippen LogP contribution in [0, 0.1) is 13.8 Å². The van der Waals surface area contributed by atoms with Gasteiger partial charge in [-0.2, -0.15) is 0 Å². The zero-order valence-electron chi connectivity index (χ0n) is 15.8. The second kappa shape index (κ2) is 8.03. The topological polar surface area (TPSA) is 86.9 Å². The minimum Gasteiger partial charge on any atom is -0.340 e. The van der Waals surface area contributed by atoms with Crippen molar-refractivity contribution in [1.82, 2.24) is 15.3 Å². The lowest BCUT2D eigenvalue weighted by atomic mass is 10.0. The normalized spacial score (nSPS) is 12.0. The summed E-state index contributed by atoms with van der Waals surface area (Å²) < 4.78 is 0. The fourth-order valence-corrected chi connectivity index (χ4v) is 3.08. The van der Waals surface area contributed by atoms with Crippen molar-refractivity contribution in [3.05, 3.63) is 59.2 Å². The third-order valence-corrected chi connectivity index (χ3v) is 4.46. The van der Waals surface area contributed by atoms with Crippen molar-refractivity contribution in [3.63, 3.8) is 0 Å². The summed E-state index contributed by atoms with van der Waals surface area (Å²) >= 11 is 0. The van der Waals surface area contributed by atoms with Crippen molar-refractivity contribution in [1.29, 1.82) is 0 Å². The molecule has 2 aromatic carbocycles. The van der Waals surface area contributed by atoms with Gasteiger partial charge in [0.1, 0.15) is 6.04 Å². The summed E-state index contributed by atoms with van der Waals surface area (Å²) in [6, 6.07) is 12.6. The Labute approximate surface area is 158 Å². The minimum absolute atomic E-state index is 0.245. The van der Waals surface area contributed by atoms with Gasteiger partial charge in [-0.05, 0) is 44.0 Å². The van der Waals surface area contributed by atoms with Crippen molar-refractivity contribution >= 4 is 28.8 Å². The Morgan fingerprint density at radius 2 is 1.93 bits per heavy atom. The van der Waals surface area contributed by atoms with E-state index in [0.717, 1.165) is 28.6 Å². The molecule has 0 saturated carbocycles. The lowest BCUT2D eigenvalue weighted by Gasteiger charge is -2.18. The van der Waals surface area contributed by atoms with Gasteiger partial charge in [0.2, 0.25) is 11.9 Å². The summed E-state index contributed by atoms with van der Waals surface area (Å²) in [4.78, 5) is 32.8. The molecule has 2 amide bonds. The summed E-state index contributed by atoms with van der Waals surface area (Å²) in [6.45, 7) is 5.85. The number of para-hydroxylation sites is 2. The van der Waals surface area contributed by atoms with Gasteiger partial charge in [0.05, 0.1) is 11.0 Å². The Kier molecular flexibility index (Phi) is 5.54. The van der Waals surface area contributed by atoms with Crippen molar-refractivity contribution in [2.75, 3.05) is 5.32 Å². The average molecular weight is 364 g/mol. The first-order valence-electron chi connectivity index (χ1n) is 9.11. The second-order valence-corrected chi connectivity index (χ2v) is 6.72. The number of aryl methyl sites for hydroxylation is 2. The lowest BCUT2D eigenvalue weighted by molar-refractivity contribution is -0.118. The van der Waals surface area contributed by atoms with Crippen LogP contribution in [0.5, 0.6) is 0 Å². The van der Waals surface area contributed by atoms with E-state index in [9.17, 15) is 9.59 Å². The number of fused-ring (bicyclic) bond motifs is 1. The number of imidazole rings is 1. The van der Waals surface area contributed by atoms with Crippen LogP contribution in [0.15, 0.2) is 42.5 Å². The zero-order chi connectivity index (χ0) is 19.4. The maximum absolute atomic E-state index is 12.7. The number of aromatic amines is 1. The second-order valence-electron chi connectivity index (χ2n) is 6.72. The molecular weight excluding hydrogens is 340 g/mol. The molecule has 0 aliphatic carbocycles. The van der Waals surface area contributed by atoms with Crippen LogP contribution in [0.4, 0.5) is 5.95 Å². The lowest BCUT2D eigenvalue weighted by Crippen LogP contribution is -2.44. The van der Waals surface area contributed by atoms with E-state index in [0.29, 0.717) is 17.9 Å². The van der Waals surface area contributed by atoms with Crippen molar-refractivity contribution in [3.8, 4) is 0 Å². The first-order valence-corrected chi connectivity index (χ1v) is 9.11. The monoisotopic (exact) mass is 364 g/mol. The molecule has 1 aromatic heterocycles. The van der Waals surface area contributed by atoms with Gasteiger partial charge in [-0.15, -0.1) is 0 Å². The first kappa shape index (κ1) is 18.6. The summed E-state index contributed by atoms with van der Waals surface area (Å²) in [5.41, 5.74) is 4.19. The molecule has 0 aliphatic heterocycles. The third kappa shape index (κ3) is 4.34. The highest BCUT2D eigenvalue weighted by atomic mass is 16.2. The molecule has 0 bridgehead atoms. The number of rotatable bonds is 6. The number of nitrogens with zero attached hydrogens (tertiary/aromatic N) is 1. The number of aromatic nitrogens is 2. The van der Waals surface area contributed by atoms with E-state index in [2.05, 4.69) is 20.6 Å². The maximum atomic E-state index is 12.7. The first-order chi connectivity index (χ1) is 13.0. The molecular formula is C21H24N4O2. The summed E-state index contributed by atoms with van der Waals surface area (Å²) in [5.74, 6) is -0.150. The quantitative estimate of drug-likeness (QED) is 0.623. The van der Waals surface area contributed by atoms with E-state index in [1.165, 1.54) is 0 Å². The molecule has 3 rings (SSSR count). The number of H-pyrrole nitrogens is 1. The predicted molar refractivity (Wildman–Crippen MR) is 107 cm³/mol. The van der Waals surface area contributed by atoms with E-state index in [-0.39, 0.29) is 11.8 Å². The molecule has 0 unspecified atom stereocenters. The van der Waals surface area contributed by atoms with Crippen molar-refractivity contribution < 1.29 is 9.59 Å². The number of benzene rings is 2. The Bertz CT molecular complexity index is 944. The van der Waals surface area contributed by atoms with Gasteiger partial charge in [0.15, 0.2) is 0 Å². The van der Waals surface area contributed by atoms with E-state index < -0.39 is 6.04 Å². The molecule has 27 heavy (non-hydrogen) atoms. The average Bonchev–Trinajstić information content (AvgIpc) is 3.03. The van der Waals surface area contributed by atoms with E-state index >= 15 is 0 Å². The van der Waals surface area contributed by atoms with Gasteiger partial charge in [0.25, 0.3) is 5.91 Å². The van der Waals surface area contributed by atoms with Crippen LogP contribution in [-0.4, -0.2) is 27.8 Å². The number of carbonyl (C=O) groups excluding carboxylic acids is 2. The third-order valence-electron chi connectivity index (χ3n) is 4.46. The summed E-state index contributed by atoms with van der Waals surface area (Å²) in [6.07, 6.45) is 1.31. The van der Waals surface area contributed by atoms with Gasteiger partial charge in [0, 0.05) is 5.56 Å². The molecule has 1 atom stereocenters. The van der Waals surface area contributed by atoms with Crippen LogP contribution in [0.2, 0.25) is 0 Å². The molecule has 0 saturated heterocycles. The Balaban J connectivity index is 1.73. The number of carbonyl (C=O) groups is 2. The smallest absolute Gasteiger partial charge is 0.252 e. The highest BCUT2D eigenvalue weighted by Gasteiger charge is 2.22. The molecule has 1 heterocycles. The van der Waals surface area contributed by atoms with Crippen LogP contribution < -0.4 is 10.6 Å². The fraction of sp³-hybridized carbons (Fsp3) is 0.286. The molecule has 6 nitrogen and oxygen atoms in total. The standard InChI is InChI=1S/C21H24N4O2/c1-4-7-18(22-19(26)15-11-10-13(2)12-14(15)3)20(27)25-21-23-16-8-5-6-9-17(16)24-21/h5-6,8-12,18H,4,7H2,1-3H3,(H,22,26)(H2,23,24,25,27)/t18-/m0/s1. The van der Waals surface area contributed by atoms with Gasteiger partial charge < -0.3 is 10.3 Å². The van der Waals surface area contributed by atoms with E-state index in [1.54, 1.807) is 6.07 Å². The molecule has 3 N–H and O–H groups in total. The van der Waals surface area contributed by atoms with Gasteiger partial charge >= 0.3 is 0 Å². The number of hydrogen-bond acceptors (Lipinski definition) is 3. The van der Waals surface area contributed by atoms with Crippen LogP contribution >= 0.6 is 0 Å². The predicted octanol–water partition coefficient (Wildman–Crippen LogP) is 3.72. The molecule has 0 aliphatic rings. The highest BCUT2D eigenvalue weighted by Crippen LogP contribution is 2.15. The van der Waals surface area contributed by atoms with Gasteiger partial charge in [-0.25, -0.2) is 4.98 Å². The van der Waals surface area contributed by atoms with Crippen LogP contribution in [0.25, 0.3) is 11.0 Å². The Morgan fingerprint density at radius 3 is 2.63 bits per heavy atom. The number of hydrogen-bond donors (Lipinski definition) is 3. The summed E-state index contributed by atoms with van der Waals surface area (Å²) in [5, 5.41) is 5.63. The largest absolute Gasteiger partial charge is 0.340 e. The number of amides is 2. The summed E-state index contributed by atoms with van der Waals surface area (Å²) in [7, 11) is 0. The van der Waals surface area contributed by atoms with Gasteiger partial charge in [-0.3, -0.25) is 14.9 Å². The Hall–Kier alpha value is -3.15. The van der Waals surface area contributed by atoms with Crippen LogP contribution in [0.1, 0.15) is 41.3 Å². The molecule has 6 heteroatoms. The molecule has 0 fully saturated rings. The van der Waals surface area contributed by atoms with Crippen molar-refractivity contribution in [2.24, 2.45) is 0 Å². The van der Waals surface area contributed by atoms with Gasteiger partial charge in [-0.1, -0.05) is 43.2 Å². The van der Waals surface area contributed by atoms with E-state index in [1.807, 2.05) is 57.2 Å². The van der Waals surface area contributed by atoms with Crippen molar-refractivity contribution in [2.45, 2.75) is 39.7 Å². The zero-order valence-corrected chi connectivity index (χ0v) is 15.8. The Morgan fingerprint density at radius 1 is 1.15 bits per heavy atom. The molecule has 0 radical (unpaired) electrons. The van der Waals surface area contributed by atoms with Crippen LogP contribution in [0.3, 0.4) is 0 Å². The minimum atomic E-state index is -0.628. The fourth-order valence-electron chi connectivity index (χ4n) is 3.08. The number of anilines is 1. The molecule has 140 valence electrons. The number of nitrogens with one attached hydrogen (secondary N) is 3. The molecule has 0 spiro atoms. The van der Waals surface area contributed by atoms with E-state index in [4.69, 9.17) is 0 Å².